The highest BCUT2D eigenvalue weighted by atomic mass is 32.2. The molecule has 2 fully saturated rings. The third-order valence-electron chi connectivity index (χ3n) is 7.64. The fraction of sp³-hybridized carbons (Fsp3) is 0.357. The number of hydrogen-bond acceptors (Lipinski definition) is 8. The molecule has 4 heterocycles. The molecule has 0 aliphatic carbocycles. The first-order chi connectivity index (χ1) is 19.3. The van der Waals surface area contributed by atoms with E-state index >= 15 is 4.39 Å². The van der Waals surface area contributed by atoms with Gasteiger partial charge in [0.15, 0.2) is 0 Å². The van der Waals surface area contributed by atoms with Crippen molar-refractivity contribution in [3.63, 3.8) is 0 Å². The van der Waals surface area contributed by atoms with Crippen molar-refractivity contribution in [3.8, 4) is 11.3 Å². The lowest BCUT2D eigenvalue weighted by Crippen LogP contribution is -2.36. The highest BCUT2D eigenvalue weighted by molar-refractivity contribution is 7.92. The van der Waals surface area contributed by atoms with E-state index in [9.17, 15) is 8.42 Å². The van der Waals surface area contributed by atoms with Crippen LogP contribution < -0.4 is 20.3 Å². The van der Waals surface area contributed by atoms with Crippen molar-refractivity contribution >= 4 is 38.2 Å². The number of aromatic amines is 1. The fourth-order valence-corrected chi connectivity index (χ4v) is 6.45. The summed E-state index contributed by atoms with van der Waals surface area (Å²) in [6.45, 7) is 5.87. The van der Waals surface area contributed by atoms with Crippen LogP contribution in [0.15, 0.2) is 54.9 Å². The summed E-state index contributed by atoms with van der Waals surface area (Å²) in [4.78, 5) is 16.3. The average molecular weight is 566 g/mol. The molecule has 40 heavy (non-hydrogen) atoms. The normalized spacial score (nSPS) is 18.8. The van der Waals surface area contributed by atoms with E-state index in [1.54, 1.807) is 19.1 Å². The Morgan fingerprint density at radius 2 is 1.93 bits per heavy atom. The Balaban J connectivity index is 1.22. The second-order valence-electron chi connectivity index (χ2n) is 10.3. The quantitative estimate of drug-likeness (QED) is 0.310. The number of anilines is 3. The van der Waals surface area contributed by atoms with Crippen molar-refractivity contribution in [2.24, 2.45) is 5.73 Å². The Bertz CT molecular complexity index is 1640. The molecule has 0 radical (unpaired) electrons. The number of aromatic nitrogens is 3. The maximum absolute atomic E-state index is 15.3. The van der Waals surface area contributed by atoms with Crippen LogP contribution in [0.2, 0.25) is 0 Å². The number of fused-ring (bicyclic) bond motifs is 1. The minimum atomic E-state index is -3.93. The minimum Gasteiger partial charge on any atom is -0.378 e. The van der Waals surface area contributed by atoms with Crippen LogP contribution in [0.3, 0.4) is 0 Å². The largest absolute Gasteiger partial charge is 0.378 e. The van der Waals surface area contributed by atoms with Gasteiger partial charge in [0.1, 0.15) is 28.9 Å². The van der Waals surface area contributed by atoms with E-state index in [-0.39, 0.29) is 11.7 Å². The lowest BCUT2D eigenvalue weighted by molar-refractivity contribution is 0.122. The molecular formula is C28H32FN7O3S. The van der Waals surface area contributed by atoms with E-state index in [1.165, 1.54) is 18.5 Å². The maximum atomic E-state index is 15.3. The van der Waals surface area contributed by atoms with Gasteiger partial charge in [-0.1, -0.05) is 18.2 Å². The Morgan fingerprint density at radius 1 is 1.10 bits per heavy atom. The molecule has 0 amide bonds. The summed E-state index contributed by atoms with van der Waals surface area (Å²) in [5.41, 5.74) is 9.35. The van der Waals surface area contributed by atoms with Gasteiger partial charge in [-0.25, -0.2) is 22.8 Å². The molecule has 12 heteroatoms. The average Bonchev–Trinajstić information content (AvgIpc) is 3.60. The van der Waals surface area contributed by atoms with Gasteiger partial charge in [0.05, 0.1) is 24.3 Å². The summed E-state index contributed by atoms with van der Waals surface area (Å²) in [5.74, 6) is 0.123. The van der Waals surface area contributed by atoms with Gasteiger partial charge in [-0.2, -0.15) is 0 Å². The summed E-state index contributed by atoms with van der Waals surface area (Å²) < 4.78 is 49.7. The van der Waals surface area contributed by atoms with E-state index < -0.39 is 21.1 Å². The van der Waals surface area contributed by atoms with Crippen molar-refractivity contribution in [2.45, 2.75) is 24.6 Å². The molecule has 210 valence electrons. The van der Waals surface area contributed by atoms with Gasteiger partial charge in [0.25, 0.3) is 0 Å². The smallest absolute Gasteiger partial charge is 0.239 e. The second kappa shape index (κ2) is 10.7. The SMILES string of the molecule is CC(c1cccc(N2CCC(N)C2)c1)S(=O)(=O)Nc1ccc(-c2cc3c(N4CCOCC4)ncnc3[nH]2)cc1F. The van der Waals surface area contributed by atoms with Crippen LogP contribution in [0.4, 0.5) is 21.6 Å². The summed E-state index contributed by atoms with van der Waals surface area (Å²) in [6.07, 6.45) is 2.40. The Kier molecular flexibility index (Phi) is 7.07. The molecule has 0 saturated carbocycles. The lowest BCUT2D eigenvalue weighted by atomic mass is 10.1. The number of morpholine rings is 1. The molecule has 2 aliphatic heterocycles. The highest BCUT2D eigenvalue weighted by Gasteiger charge is 2.26. The number of halogens is 1. The molecule has 2 aromatic carbocycles. The standard InChI is InChI=1S/C28H32FN7O3S/c1-18(19-3-2-4-22(13-19)36-8-7-21(30)16-36)40(37,38)34-25-6-5-20(14-24(25)29)26-15-23-27(33-26)31-17-32-28(23)35-9-11-39-12-10-35/h2-6,13-15,17-18,21,34H,7-12,16,30H2,1H3,(H,31,32,33). The molecule has 2 aromatic heterocycles. The van der Waals surface area contributed by atoms with Crippen molar-refractivity contribution < 1.29 is 17.5 Å². The number of hydrogen-bond donors (Lipinski definition) is 3. The van der Waals surface area contributed by atoms with E-state index in [4.69, 9.17) is 10.5 Å². The molecule has 10 nitrogen and oxygen atoms in total. The van der Waals surface area contributed by atoms with Crippen LogP contribution in [0, 0.1) is 5.82 Å². The monoisotopic (exact) mass is 565 g/mol. The summed E-state index contributed by atoms with van der Waals surface area (Å²) in [6, 6.07) is 13.9. The lowest BCUT2D eigenvalue weighted by Gasteiger charge is -2.27. The fourth-order valence-electron chi connectivity index (χ4n) is 5.29. The molecule has 2 atom stereocenters. The van der Waals surface area contributed by atoms with Crippen molar-refractivity contribution in [2.75, 3.05) is 53.9 Å². The van der Waals surface area contributed by atoms with Crippen LogP contribution in [0.1, 0.15) is 24.2 Å². The van der Waals surface area contributed by atoms with E-state index in [1.807, 2.05) is 24.3 Å². The van der Waals surface area contributed by atoms with Crippen LogP contribution in [-0.4, -0.2) is 68.8 Å². The van der Waals surface area contributed by atoms with Gasteiger partial charge in [-0.05, 0) is 49.2 Å². The number of nitrogens with zero attached hydrogens (tertiary/aromatic N) is 4. The third-order valence-corrected chi connectivity index (χ3v) is 9.35. The molecule has 2 saturated heterocycles. The van der Waals surface area contributed by atoms with Gasteiger partial charge in [0.2, 0.25) is 10.0 Å². The Morgan fingerprint density at radius 3 is 2.67 bits per heavy atom. The molecule has 0 bridgehead atoms. The molecular weight excluding hydrogens is 533 g/mol. The van der Waals surface area contributed by atoms with Crippen LogP contribution in [0.25, 0.3) is 22.3 Å². The van der Waals surface area contributed by atoms with Crippen molar-refractivity contribution in [3.05, 3.63) is 66.2 Å². The number of nitrogens with one attached hydrogen (secondary N) is 2. The van der Waals surface area contributed by atoms with Crippen LogP contribution >= 0.6 is 0 Å². The number of nitrogens with two attached hydrogens (primary N) is 1. The zero-order valence-electron chi connectivity index (χ0n) is 22.2. The van der Waals surface area contributed by atoms with Crippen LogP contribution in [-0.2, 0) is 14.8 Å². The first kappa shape index (κ1) is 26.5. The maximum Gasteiger partial charge on any atom is 0.239 e. The second-order valence-corrected chi connectivity index (χ2v) is 12.3. The number of H-pyrrole nitrogens is 1. The topological polar surface area (TPSA) is 129 Å². The van der Waals surface area contributed by atoms with E-state index in [2.05, 4.69) is 29.5 Å². The van der Waals surface area contributed by atoms with Gasteiger partial charge >= 0.3 is 0 Å². The first-order valence-electron chi connectivity index (χ1n) is 13.4. The van der Waals surface area contributed by atoms with Crippen LogP contribution in [0.5, 0.6) is 0 Å². The number of benzene rings is 2. The highest BCUT2D eigenvalue weighted by Crippen LogP contribution is 2.33. The molecule has 4 aromatic rings. The molecule has 0 spiro atoms. The van der Waals surface area contributed by atoms with Gasteiger partial charge in [-0.3, -0.25) is 4.72 Å². The Labute approximate surface area is 232 Å². The predicted molar refractivity (Wildman–Crippen MR) is 155 cm³/mol. The first-order valence-corrected chi connectivity index (χ1v) is 14.9. The van der Waals surface area contributed by atoms with Crippen molar-refractivity contribution in [1.82, 2.24) is 15.0 Å². The zero-order chi connectivity index (χ0) is 27.9. The summed E-state index contributed by atoms with van der Waals surface area (Å²) >= 11 is 0. The van der Waals surface area contributed by atoms with E-state index in [0.29, 0.717) is 35.7 Å². The predicted octanol–water partition coefficient (Wildman–Crippen LogP) is 3.64. The number of rotatable bonds is 7. The summed E-state index contributed by atoms with van der Waals surface area (Å²) in [7, 11) is -3.93. The molecule has 6 rings (SSSR count). The molecule has 2 unspecified atom stereocenters. The van der Waals surface area contributed by atoms with Gasteiger partial charge < -0.3 is 25.3 Å². The summed E-state index contributed by atoms with van der Waals surface area (Å²) in [5, 5.41) is -0.0646. The van der Waals surface area contributed by atoms with E-state index in [0.717, 1.165) is 49.5 Å². The molecule has 2 aliphatic rings. The van der Waals surface area contributed by atoms with Crippen molar-refractivity contribution in [1.29, 1.82) is 0 Å². The third kappa shape index (κ3) is 5.21. The van der Waals surface area contributed by atoms with Gasteiger partial charge in [-0.15, -0.1) is 0 Å². The Hall–Kier alpha value is -3.74. The molecule has 4 N–H and O–H groups in total. The van der Waals surface area contributed by atoms with Gasteiger partial charge in [0, 0.05) is 49.2 Å². The minimum absolute atomic E-state index is 0.109. The zero-order valence-corrected chi connectivity index (χ0v) is 23.0. The number of sulfonamides is 1. The number of ether oxygens (including phenoxy) is 1.